The summed E-state index contributed by atoms with van der Waals surface area (Å²) in [6, 6.07) is -0.478. The highest BCUT2D eigenvalue weighted by molar-refractivity contribution is 5.81. The summed E-state index contributed by atoms with van der Waals surface area (Å²) in [6.45, 7) is 6.76. The highest BCUT2D eigenvalue weighted by Crippen LogP contribution is 2.39. The van der Waals surface area contributed by atoms with Crippen LogP contribution in [-0.2, 0) is 14.3 Å². The van der Waals surface area contributed by atoms with Crippen LogP contribution >= 0.6 is 0 Å². The van der Waals surface area contributed by atoms with E-state index in [9.17, 15) is 9.59 Å². The molecule has 128 valence electrons. The van der Waals surface area contributed by atoms with E-state index in [0.29, 0.717) is 19.6 Å². The summed E-state index contributed by atoms with van der Waals surface area (Å²) in [4.78, 5) is 24.1. The highest BCUT2D eigenvalue weighted by atomic mass is 16.5. The first-order valence-corrected chi connectivity index (χ1v) is 8.63. The van der Waals surface area contributed by atoms with Crippen LogP contribution in [0.2, 0.25) is 0 Å². The van der Waals surface area contributed by atoms with E-state index in [2.05, 4.69) is 5.32 Å². The average Bonchev–Trinajstić information content (AvgIpc) is 2.52. The molecule has 0 aromatic rings. The van der Waals surface area contributed by atoms with E-state index >= 15 is 0 Å². The number of amides is 1. The molecule has 1 aliphatic carbocycles. The Hall–Kier alpha value is -1.10. The van der Waals surface area contributed by atoms with E-state index < -0.39 is 6.04 Å². The second kappa shape index (κ2) is 9.13. The zero-order chi connectivity index (χ0) is 16.6. The first kappa shape index (κ1) is 18.9. The maximum absolute atomic E-state index is 12.2. The predicted molar refractivity (Wildman–Crippen MR) is 87.2 cm³/mol. The number of hydrogen-bond acceptors (Lipinski definition) is 4. The van der Waals surface area contributed by atoms with Gasteiger partial charge < -0.3 is 15.8 Å². The van der Waals surface area contributed by atoms with Crippen LogP contribution in [-0.4, -0.2) is 31.1 Å². The maximum Gasteiger partial charge on any atom is 0.306 e. The van der Waals surface area contributed by atoms with Gasteiger partial charge in [-0.2, -0.15) is 0 Å². The molecule has 1 aliphatic rings. The van der Waals surface area contributed by atoms with Crippen molar-refractivity contribution in [1.29, 1.82) is 0 Å². The van der Waals surface area contributed by atoms with Crippen LogP contribution in [0.4, 0.5) is 0 Å². The Balaban J connectivity index is 2.61. The fourth-order valence-corrected chi connectivity index (χ4v) is 3.14. The molecule has 2 atom stereocenters. The molecule has 5 nitrogen and oxygen atoms in total. The van der Waals surface area contributed by atoms with Crippen LogP contribution in [0.25, 0.3) is 0 Å². The minimum Gasteiger partial charge on any atom is -0.466 e. The third-order valence-electron chi connectivity index (χ3n) is 4.94. The second-order valence-electron chi connectivity index (χ2n) is 6.67. The molecule has 0 heterocycles. The minimum absolute atomic E-state index is 0.108. The third kappa shape index (κ3) is 5.59. The van der Waals surface area contributed by atoms with E-state index in [4.69, 9.17) is 10.5 Å². The molecule has 1 amide bonds. The Morgan fingerprint density at radius 2 is 1.86 bits per heavy atom. The normalized spacial score (nSPS) is 20.0. The van der Waals surface area contributed by atoms with Gasteiger partial charge in [-0.05, 0) is 31.1 Å². The van der Waals surface area contributed by atoms with Crippen molar-refractivity contribution in [3.05, 3.63) is 0 Å². The lowest BCUT2D eigenvalue weighted by atomic mass is 9.71. The molecule has 1 saturated carbocycles. The van der Waals surface area contributed by atoms with Gasteiger partial charge in [-0.15, -0.1) is 0 Å². The zero-order valence-corrected chi connectivity index (χ0v) is 14.3. The Morgan fingerprint density at radius 3 is 2.41 bits per heavy atom. The van der Waals surface area contributed by atoms with Crippen molar-refractivity contribution >= 4 is 11.9 Å². The molecule has 0 bridgehead atoms. The number of ether oxygens (including phenoxy) is 1. The molecule has 0 aliphatic heterocycles. The summed E-state index contributed by atoms with van der Waals surface area (Å²) < 4.78 is 5.10. The van der Waals surface area contributed by atoms with E-state index in [1.807, 2.05) is 20.8 Å². The molecule has 0 aromatic heterocycles. The summed E-state index contributed by atoms with van der Waals surface area (Å²) in [6.07, 6.45) is 6.60. The third-order valence-corrected chi connectivity index (χ3v) is 4.94. The Bertz CT molecular complexity index is 365. The van der Waals surface area contributed by atoms with Crippen molar-refractivity contribution in [1.82, 2.24) is 5.32 Å². The lowest BCUT2D eigenvalue weighted by Gasteiger charge is -2.37. The number of esters is 1. The van der Waals surface area contributed by atoms with Gasteiger partial charge >= 0.3 is 5.97 Å². The van der Waals surface area contributed by atoms with Crippen molar-refractivity contribution in [2.24, 2.45) is 17.1 Å². The van der Waals surface area contributed by atoms with Gasteiger partial charge in [0.15, 0.2) is 0 Å². The molecule has 0 spiro atoms. The van der Waals surface area contributed by atoms with Crippen molar-refractivity contribution in [3.8, 4) is 0 Å². The molecule has 5 heteroatoms. The molecule has 2 unspecified atom stereocenters. The molecule has 1 fully saturated rings. The standard InChI is InChI=1S/C17H32N2O3/c1-4-13(3)15(18)16(21)19-12-17(9-7-6-8-10-17)11-14(20)22-5-2/h13,15H,4-12,18H2,1-3H3,(H,19,21). The zero-order valence-electron chi connectivity index (χ0n) is 14.3. The lowest BCUT2D eigenvalue weighted by molar-refractivity contribution is -0.146. The van der Waals surface area contributed by atoms with E-state index in [0.717, 1.165) is 32.1 Å². The van der Waals surface area contributed by atoms with Crippen molar-refractivity contribution in [2.75, 3.05) is 13.2 Å². The van der Waals surface area contributed by atoms with Crippen molar-refractivity contribution in [2.45, 2.75) is 71.8 Å². The van der Waals surface area contributed by atoms with Gasteiger partial charge in [0.25, 0.3) is 0 Å². The number of carbonyl (C=O) groups excluding carboxylic acids is 2. The number of nitrogens with two attached hydrogens (primary N) is 1. The molecule has 0 saturated heterocycles. The van der Waals surface area contributed by atoms with Crippen LogP contribution in [0.1, 0.15) is 65.7 Å². The first-order valence-electron chi connectivity index (χ1n) is 8.63. The molecular formula is C17H32N2O3. The Labute approximate surface area is 134 Å². The fraction of sp³-hybridized carbons (Fsp3) is 0.882. The minimum atomic E-state index is -0.478. The van der Waals surface area contributed by atoms with Gasteiger partial charge in [0.1, 0.15) is 0 Å². The van der Waals surface area contributed by atoms with Crippen LogP contribution in [0.5, 0.6) is 0 Å². The number of nitrogens with one attached hydrogen (secondary N) is 1. The number of rotatable bonds is 8. The van der Waals surface area contributed by atoms with Crippen LogP contribution < -0.4 is 11.1 Å². The van der Waals surface area contributed by atoms with E-state index in [1.165, 1.54) is 6.42 Å². The quantitative estimate of drug-likeness (QED) is 0.674. The van der Waals surface area contributed by atoms with Crippen LogP contribution in [0.3, 0.4) is 0 Å². The van der Waals surface area contributed by atoms with Crippen LogP contribution in [0, 0.1) is 11.3 Å². The van der Waals surface area contributed by atoms with Gasteiger partial charge in [-0.1, -0.05) is 39.5 Å². The van der Waals surface area contributed by atoms with Gasteiger partial charge in [0.05, 0.1) is 19.1 Å². The number of carbonyl (C=O) groups is 2. The monoisotopic (exact) mass is 312 g/mol. The summed E-state index contributed by atoms with van der Waals surface area (Å²) in [5.74, 6) is -0.111. The maximum atomic E-state index is 12.2. The topological polar surface area (TPSA) is 81.4 Å². The molecule has 22 heavy (non-hydrogen) atoms. The average molecular weight is 312 g/mol. The van der Waals surface area contributed by atoms with Gasteiger partial charge in [0, 0.05) is 6.54 Å². The van der Waals surface area contributed by atoms with Gasteiger partial charge in [0.2, 0.25) is 5.91 Å². The van der Waals surface area contributed by atoms with Crippen molar-refractivity contribution in [3.63, 3.8) is 0 Å². The fourth-order valence-electron chi connectivity index (χ4n) is 3.14. The van der Waals surface area contributed by atoms with E-state index in [1.54, 1.807) is 0 Å². The Kier molecular flexibility index (Phi) is 7.87. The van der Waals surface area contributed by atoms with Crippen LogP contribution in [0.15, 0.2) is 0 Å². The highest BCUT2D eigenvalue weighted by Gasteiger charge is 2.35. The first-order chi connectivity index (χ1) is 10.4. The molecule has 0 radical (unpaired) electrons. The summed E-state index contributed by atoms with van der Waals surface area (Å²) in [7, 11) is 0. The predicted octanol–water partition coefficient (Wildman–Crippen LogP) is 2.38. The summed E-state index contributed by atoms with van der Waals surface area (Å²) >= 11 is 0. The molecule has 0 aromatic carbocycles. The number of hydrogen-bond donors (Lipinski definition) is 2. The van der Waals surface area contributed by atoms with Gasteiger partial charge in [-0.25, -0.2) is 0 Å². The largest absolute Gasteiger partial charge is 0.466 e. The molecule has 3 N–H and O–H groups in total. The SMILES string of the molecule is CCOC(=O)CC1(CNC(=O)C(N)C(C)CC)CCCCC1. The molecule has 1 rings (SSSR count). The lowest BCUT2D eigenvalue weighted by Crippen LogP contribution is -2.49. The smallest absolute Gasteiger partial charge is 0.306 e. The van der Waals surface area contributed by atoms with Gasteiger partial charge in [-0.3, -0.25) is 9.59 Å². The molecular weight excluding hydrogens is 280 g/mol. The van der Waals surface area contributed by atoms with Crippen molar-refractivity contribution < 1.29 is 14.3 Å². The Morgan fingerprint density at radius 1 is 1.23 bits per heavy atom. The van der Waals surface area contributed by atoms with E-state index in [-0.39, 0.29) is 23.2 Å². The second-order valence-corrected chi connectivity index (χ2v) is 6.67. The summed E-state index contributed by atoms with van der Waals surface area (Å²) in [5.41, 5.74) is 5.82. The summed E-state index contributed by atoms with van der Waals surface area (Å²) in [5, 5.41) is 2.98.